The fourth-order valence-electron chi connectivity index (χ4n) is 1.61. The summed E-state index contributed by atoms with van der Waals surface area (Å²) in [5, 5.41) is 8.63. The molecule has 2 atom stereocenters. The predicted molar refractivity (Wildman–Crippen MR) is 44.8 cm³/mol. The van der Waals surface area contributed by atoms with Crippen LogP contribution in [0.15, 0.2) is 18.2 Å². The number of rotatable bonds is 2. The van der Waals surface area contributed by atoms with E-state index in [9.17, 15) is 13.6 Å². The molecule has 74 valence electrons. The number of hydrogen-bond acceptors (Lipinski definition) is 1. The van der Waals surface area contributed by atoms with Gasteiger partial charge in [-0.1, -0.05) is 0 Å². The second-order valence-corrected chi connectivity index (χ2v) is 3.45. The van der Waals surface area contributed by atoms with Crippen LogP contribution in [0.1, 0.15) is 17.9 Å². The van der Waals surface area contributed by atoms with Crippen molar-refractivity contribution in [3.05, 3.63) is 35.4 Å². The van der Waals surface area contributed by atoms with E-state index in [0.29, 0.717) is 6.42 Å². The Labute approximate surface area is 79.2 Å². The van der Waals surface area contributed by atoms with Crippen molar-refractivity contribution in [2.24, 2.45) is 5.92 Å². The number of carbonyl (C=O) groups is 1. The largest absolute Gasteiger partial charge is 0.481 e. The summed E-state index contributed by atoms with van der Waals surface area (Å²) < 4.78 is 25.9. The molecule has 1 aromatic carbocycles. The standard InChI is InChI=1S/C10H8F2O2/c11-5-1-2-9(12)7(3-5)6-4-8(6)10(13)14/h1-3,6,8H,4H2,(H,13,14)/t6-,8+/m1/s1. The van der Waals surface area contributed by atoms with Crippen molar-refractivity contribution in [3.63, 3.8) is 0 Å². The van der Waals surface area contributed by atoms with Crippen molar-refractivity contribution in [2.45, 2.75) is 12.3 Å². The van der Waals surface area contributed by atoms with Gasteiger partial charge in [-0.25, -0.2) is 8.78 Å². The molecule has 0 spiro atoms. The molecular weight excluding hydrogens is 190 g/mol. The number of aliphatic carboxylic acids is 1. The van der Waals surface area contributed by atoms with E-state index in [1.165, 1.54) is 0 Å². The highest BCUT2D eigenvalue weighted by molar-refractivity contribution is 5.75. The minimum absolute atomic E-state index is 0.178. The fourth-order valence-corrected chi connectivity index (χ4v) is 1.61. The van der Waals surface area contributed by atoms with Crippen LogP contribution in [0.2, 0.25) is 0 Å². The summed E-state index contributed by atoms with van der Waals surface area (Å²) >= 11 is 0. The molecule has 0 heterocycles. The zero-order valence-electron chi connectivity index (χ0n) is 7.21. The molecule has 0 unspecified atom stereocenters. The van der Waals surface area contributed by atoms with Crippen molar-refractivity contribution < 1.29 is 18.7 Å². The number of halogens is 2. The molecule has 1 aromatic rings. The number of carboxylic acid groups (broad SMARTS) is 1. The summed E-state index contributed by atoms with van der Waals surface area (Å²) in [4.78, 5) is 10.5. The summed E-state index contributed by atoms with van der Waals surface area (Å²) in [6.07, 6.45) is 0.399. The lowest BCUT2D eigenvalue weighted by molar-refractivity contribution is -0.138. The molecule has 0 radical (unpaired) electrons. The van der Waals surface area contributed by atoms with Crippen LogP contribution >= 0.6 is 0 Å². The zero-order valence-corrected chi connectivity index (χ0v) is 7.21. The Morgan fingerprint density at radius 2 is 2.14 bits per heavy atom. The number of carboxylic acids is 1. The van der Waals surface area contributed by atoms with E-state index in [1.807, 2.05) is 0 Å². The smallest absolute Gasteiger partial charge is 0.307 e. The topological polar surface area (TPSA) is 37.3 Å². The maximum atomic E-state index is 13.1. The number of benzene rings is 1. The van der Waals surface area contributed by atoms with Crippen molar-refractivity contribution in [1.82, 2.24) is 0 Å². The minimum Gasteiger partial charge on any atom is -0.481 e. The van der Waals surface area contributed by atoms with Gasteiger partial charge in [-0.2, -0.15) is 0 Å². The molecular formula is C10H8F2O2. The molecule has 0 bridgehead atoms. The van der Waals surface area contributed by atoms with Crippen molar-refractivity contribution in [3.8, 4) is 0 Å². The molecule has 0 saturated heterocycles. The summed E-state index contributed by atoms with van der Waals surface area (Å²) in [7, 11) is 0. The Hall–Kier alpha value is -1.45. The van der Waals surface area contributed by atoms with Crippen LogP contribution in [-0.2, 0) is 4.79 Å². The van der Waals surface area contributed by atoms with E-state index < -0.39 is 23.5 Å². The average molecular weight is 198 g/mol. The van der Waals surface area contributed by atoms with E-state index in [4.69, 9.17) is 5.11 Å². The van der Waals surface area contributed by atoms with Crippen LogP contribution in [0.3, 0.4) is 0 Å². The molecule has 2 rings (SSSR count). The van der Waals surface area contributed by atoms with E-state index in [2.05, 4.69) is 0 Å². The Morgan fingerprint density at radius 3 is 2.71 bits per heavy atom. The quantitative estimate of drug-likeness (QED) is 0.790. The summed E-state index contributed by atoms with van der Waals surface area (Å²) in [6.45, 7) is 0. The van der Waals surface area contributed by atoms with Crippen LogP contribution in [0.4, 0.5) is 8.78 Å². The van der Waals surface area contributed by atoms with Gasteiger partial charge in [-0.05, 0) is 30.2 Å². The van der Waals surface area contributed by atoms with Gasteiger partial charge in [0.1, 0.15) is 11.6 Å². The highest BCUT2D eigenvalue weighted by Gasteiger charge is 2.45. The third-order valence-electron chi connectivity index (χ3n) is 2.47. The first-order valence-corrected chi connectivity index (χ1v) is 4.27. The van der Waals surface area contributed by atoms with Gasteiger partial charge in [0.15, 0.2) is 0 Å². The van der Waals surface area contributed by atoms with Crippen LogP contribution in [0.5, 0.6) is 0 Å². The maximum Gasteiger partial charge on any atom is 0.307 e. The lowest BCUT2D eigenvalue weighted by atomic mass is 10.1. The SMILES string of the molecule is O=C(O)[C@H]1C[C@@H]1c1cc(F)ccc1F. The van der Waals surface area contributed by atoms with E-state index in [-0.39, 0.29) is 11.5 Å². The van der Waals surface area contributed by atoms with Crippen molar-refractivity contribution in [1.29, 1.82) is 0 Å². The summed E-state index contributed by atoms with van der Waals surface area (Å²) in [5.74, 6) is -2.91. The van der Waals surface area contributed by atoms with Crippen LogP contribution in [0, 0.1) is 17.6 Å². The van der Waals surface area contributed by atoms with Gasteiger partial charge in [-0.3, -0.25) is 4.79 Å². The third kappa shape index (κ3) is 1.47. The second kappa shape index (κ2) is 3.04. The van der Waals surface area contributed by atoms with Crippen molar-refractivity contribution in [2.75, 3.05) is 0 Å². The molecule has 0 aromatic heterocycles. The van der Waals surface area contributed by atoms with Crippen LogP contribution in [-0.4, -0.2) is 11.1 Å². The fraction of sp³-hybridized carbons (Fsp3) is 0.300. The molecule has 1 saturated carbocycles. The molecule has 2 nitrogen and oxygen atoms in total. The van der Waals surface area contributed by atoms with Crippen LogP contribution in [0.25, 0.3) is 0 Å². The highest BCUT2D eigenvalue weighted by Crippen LogP contribution is 2.48. The normalized spacial score (nSPS) is 24.7. The first kappa shape index (κ1) is 9.12. The number of hydrogen-bond donors (Lipinski definition) is 1. The molecule has 0 aliphatic heterocycles. The van der Waals surface area contributed by atoms with Crippen molar-refractivity contribution >= 4 is 5.97 Å². The monoisotopic (exact) mass is 198 g/mol. The summed E-state index contributed by atoms with van der Waals surface area (Å²) in [5.41, 5.74) is 0.178. The lowest BCUT2D eigenvalue weighted by Crippen LogP contribution is -2.00. The summed E-state index contributed by atoms with van der Waals surface area (Å²) in [6, 6.07) is 3.13. The Balaban J connectivity index is 2.26. The average Bonchev–Trinajstić information content (AvgIpc) is 2.88. The van der Waals surface area contributed by atoms with E-state index in [0.717, 1.165) is 18.2 Å². The molecule has 1 N–H and O–H groups in total. The Bertz CT molecular complexity index is 390. The zero-order chi connectivity index (χ0) is 10.3. The minimum atomic E-state index is -0.946. The maximum absolute atomic E-state index is 13.1. The van der Waals surface area contributed by atoms with Gasteiger partial charge in [-0.15, -0.1) is 0 Å². The molecule has 4 heteroatoms. The molecule has 14 heavy (non-hydrogen) atoms. The van der Waals surface area contributed by atoms with Crippen LogP contribution < -0.4 is 0 Å². The molecule has 1 aliphatic carbocycles. The highest BCUT2D eigenvalue weighted by atomic mass is 19.1. The Morgan fingerprint density at radius 1 is 1.43 bits per heavy atom. The van der Waals surface area contributed by atoms with Gasteiger partial charge < -0.3 is 5.11 Å². The van der Waals surface area contributed by atoms with Gasteiger partial charge in [0.05, 0.1) is 5.92 Å². The van der Waals surface area contributed by atoms with Gasteiger partial charge >= 0.3 is 5.97 Å². The lowest BCUT2D eigenvalue weighted by Gasteiger charge is -2.00. The molecule has 1 fully saturated rings. The predicted octanol–water partition coefficient (Wildman–Crippen LogP) is 2.15. The van der Waals surface area contributed by atoms with Gasteiger partial charge in [0.2, 0.25) is 0 Å². The first-order chi connectivity index (χ1) is 6.59. The second-order valence-electron chi connectivity index (χ2n) is 3.45. The van der Waals surface area contributed by atoms with E-state index >= 15 is 0 Å². The molecule has 0 amide bonds. The molecule has 1 aliphatic rings. The third-order valence-corrected chi connectivity index (χ3v) is 2.47. The Kier molecular flexibility index (Phi) is 1.98. The van der Waals surface area contributed by atoms with E-state index in [1.54, 1.807) is 0 Å². The van der Waals surface area contributed by atoms with Gasteiger partial charge in [0, 0.05) is 5.92 Å². The first-order valence-electron chi connectivity index (χ1n) is 4.27. The van der Waals surface area contributed by atoms with Gasteiger partial charge in [0.25, 0.3) is 0 Å².